The molecule has 0 aromatic carbocycles. The predicted molar refractivity (Wildman–Crippen MR) is 131 cm³/mol. The molecule has 4 saturated carbocycles. The van der Waals surface area contributed by atoms with Gasteiger partial charge in [0, 0.05) is 30.1 Å². The highest BCUT2D eigenvalue weighted by atomic mass is 16.5. The summed E-state index contributed by atoms with van der Waals surface area (Å²) >= 11 is 0. The van der Waals surface area contributed by atoms with E-state index in [4.69, 9.17) is 5.73 Å². The van der Waals surface area contributed by atoms with Gasteiger partial charge in [-0.15, -0.1) is 0 Å². The van der Waals surface area contributed by atoms with E-state index in [9.17, 15) is 14.4 Å². The van der Waals surface area contributed by atoms with Crippen molar-refractivity contribution in [2.75, 3.05) is 7.11 Å². The second-order valence-electron chi connectivity index (χ2n) is 11.0. The Bertz CT molecular complexity index is 1180. The SMILES string of the molecule is COC(=O)NC(C)(C)C=Cn1ncc(C(=O)NC2C3CC4CC2CC(C(N)=O)(C4)C3)c1-n1cccn1. The minimum Gasteiger partial charge on any atom is -0.453 e. The van der Waals surface area contributed by atoms with Gasteiger partial charge >= 0.3 is 6.09 Å². The van der Waals surface area contributed by atoms with Crippen molar-refractivity contribution in [1.29, 1.82) is 0 Å². The van der Waals surface area contributed by atoms with Gasteiger partial charge in [0.05, 0.1) is 18.8 Å². The lowest BCUT2D eigenvalue weighted by atomic mass is 9.47. The molecular weight excluding hydrogens is 462 g/mol. The summed E-state index contributed by atoms with van der Waals surface area (Å²) in [6.07, 6.45) is 12.2. The number of nitrogens with one attached hydrogen (secondary N) is 2. The van der Waals surface area contributed by atoms with Crippen molar-refractivity contribution in [2.24, 2.45) is 28.9 Å². The van der Waals surface area contributed by atoms with Crippen molar-refractivity contribution >= 4 is 24.1 Å². The normalized spacial score (nSPS) is 28.9. The number of rotatable bonds is 7. The number of nitrogens with zero attached hydrogens (tertiary/aromatic N) is 4. The summed E-state index contributed by atoms with van der Waals surface area (Å²) in [7, 11) is 1.31. The van der Waals surface area contributed by atoms with Crippen molar-refractivity contribution in [2.45, 2.75) is 57.5 Å². The third-order valence-corrected chi connectivity index (χ3v) is 8.07. The standard InChI is InChI=1S/C25H33N7O4/c1-24(2,30-23(35)36-3)5-8-32-21(31-7-4-6-27-31)18(14-28-32)20(33)29-19-16-9-15-10-17(19)13-25(11-15,12-16)22(26)34/h4-8,14-17,19H,9-13H2,1-3H3,(H2,26,34)(H,29,33)(H,30,35). The molecule has 0 spiro atoms. The molecule has 0 aliphatic heterocycles. The third-order valence-electron chi connectivity index (χ3n) is 8.07. The number of alkyl carbamates (subject to hydrolysis) is 1. The molecule has 6 rings (SSSR count). The molecule has 0 saturated heterocycles. The molecule has 3 amide bonds. The first kappa shape index (κ1) is 24.1. The van der Waals surface area contributed by atoms with Crippen LogP contribution in [0.1, 0.15) is 56.3 Å². The fourth-order valence-electron chi connectivity index (χ4n) is 6.65. The number of hydrogen-bond donors (Lipinski definition) is 3. The van der Waals surface area contributed by atoms with Crippen LogP contribution in [-0.4, -0.2) is 56.2 Å². The molecule has 36 heavy (non-hydrogen) atoms. The van der Waals surface area contributed by atoms with Crippen LogP contribution in [0.5, 0.6) is 0 Å². The number of ether oxygens (including phenoxy) is 1. The summed E-state index contributed by atoms with van der Waals surface area (Å²) in [4.78, 5) is 37.5. The van der Waals surface area contributed by atoms with E-state index in [-0.39, 0.29) is 29.7 Å². The van der Waals surface area contributed by atoms with E-state index in [1.165, 1.54) is 13.3 Å². The van der Waals surface area contributed by atoms with Crippen LogP contribution in [0.15, 0.2) is 30.7 Å². The average molecular weight is 496 g/mol. The van der Waals surface area contributed by atoms with E-state index in [0.717, 1.165) is 32.1 Å². The van der Waals surface area contributed by atoms with E-state index in [0.29, 0.717) is 17.3 Å². The molecule has 2 aromatic rings. The maximum absolute atomic E-state index is 13.6. The average Bonchev–Trinajstić information content (AvgIpc) is 3.48. The number of carbonyl (C=O) groups excluding carboxylic acids is 3. The van der Waals surface area contributed by atoms with Gasteiger partial charge in [0.15, 0.2) is 5.82 Å². The number of methoxy groups -OCH3 is 1. The number of carbonyl (C=O) groups is 3. The Hall–Kier alpha value is -3.63. The van der Waals surface area contributed by atoms with Gasteiger partial charge in [-0.25, -0.2) is 14.2 Å². The molecule has 4 aliphatic rings. The summed E-state index contributed by atoms with van der Waals surface area (Å²) in [5, 5.41) is 14.7. The quantitative estimate of drug-likeness (QED) is 0.536. The zero-order valence-electron chi connectivity index (χ0n) is 20.8. The highest BCUT2D eigenvalue weighted by molar-refractivity contribution is 5.97. The van der Waals surface area contributed by atoms with E-state index in [1.54, 1.807) is 40.1 Å². The minimum atomic E-state index is -0.723. The van der Waals surface area contributed by atoms with E-state index >= 15 is 0 Å². The lowest BCUT2D eigenvalue weighted by Gasteiger charge is -2.58. The minimum absolute atomic E-state index is 0.00841. The van der Waals surface area contributed by atoms with Gasteiger partial charge in [0.25, 0.3) is 5.91 Å². The fraction of sp³-hybridized carbons (Fsp3) is 0.560. The van der Waals surface area contributed by atoms with Gasteiger partial charge in [0.2, 0.25) is 5.91 Å². The van der Waals surface area contributed by atoms with Crippen LogP contribution in [0, 0.1) is 23.2 Å². The third kappa shape index (κ3) is 4.27. The highest BCUT2D eigenvalue weighted by Gasteiger charge is 2.58. The number of primary amides is 1. The molecule has 2 heterocycles. The Morgan fingerprint density at radius 2 is 1.92 bits per heavy atom. The molecule has 2 unspecified atom stereocenters. The Morgan fingerprint density at radius 3 is 2.53 bits per heavy atom. The molecule has 0 radical (unpaired) electrons. The molecule has 11 heteroatoms. The monoisotopic (exact) mass is 495 g/mol. The van der Waals surface area contributed by atoms with Crippen LogP contribution in [0.2, 0.25) is 0 Å². The van der Waals surface area contributed by atoms with Gasteiger partial charge in [0.1, 0.15) is 5.56 Å². The molecule has 4 aliphatic carbocycles. The second kappa shape index (κ2) is 8.79. The van der Waals surface area contributed by atoms with Crippen LogP contribution >= 0.6 is 0 Å². The van der Waals surface area contributed by atoms with E-state index in [2.05, 4.69) is 25.6 Å². The largest absolute Gasteiger partial charge is 0.453 e. The van der Waals surface area contributed by atoms with Crippen molar-refractivity contribution < 1.29 is 19.1 Å². The molecule has 2 atom stereocenters. The second-order valence-corrected chi connectivity index (χ2v) is 11.0. The molecular formula is C25H33N7O4. The first-order valence-corrected chi connectivity index (χ1v) is 12.3. The zero-order chi connectivity index (χ0) is 25.7. The van der Waals surface area contributed by atoms with Crippen molar-refractivity contribution in [3.63, 3.8) is 0 Å². The molecule has 4 fully saturated rings. The summed E-state index contributed by atoms with van der Waals surface area (Å²) < 4.78 is 7.84. The molecule has 2 aromatic heterocycles. The molecule has 4 N–H and O–H groups in total. The van der Waals surface area contributed by atoms with Crippen molar-refractivity contribution in [1.82, 2.24) is 30.2 Å². The topological polar surface area (TPSA) is 146 Å². The highest BCUT2D eigenvalue weighted by Crippen LogP contribution is 2.59. The van der Waals surface area contributed by atoms with E-state index in [1.807, 2.05) is 13.8 Å². The fourth-order valence-corrected chi connectivity index (χ4v) is 6.65. The molecule has 4 bridgehead atoms. The predicted octanol–water partition coefficient (Wildman–Crippen LogP) is 2.08. The maximum atomic E-state index is 13.6. The first-order chi connectivity index (χ1) is 17.1. The van der Waals surface area contributed by atoms with Gasteiger partial charge in [-0.05, 0) is 75.8 Å². The lowest BCUT2D eigenvalue weighted by Crippen LogP contribution is -2.62. The molecule has 11 nitrogen and oxygen atoms in total. The summed E-state index contributed by atoms with van der Waals surface area (Å²) in [6, 6.07) is 1.78. The maximum Gasteiger partial charge on any atom is 0.407 e. The number of hydrogen-bond acceptors (Lipinski definition) is 6. The van der Waals surface area contributed by atoms with Gasteiger partial charge < -0.3 is 21.1 Å². The van der Waals surface area contributed by atoms with E-state index < -0.39 is 17.0 Å². The van der Waals surface area contributed by atoms with Crippen LogP contribution in [0.4, 0.5) is 4.79 Å². The number of aromatic nitrogens is 4. The smallest absolute Gasteiger partial charge is 0.407 e. The van der Waals surface area contributed by atoms with Gasteiger partial charge in [-0.2, -0.15) is 10.2 Å². The summed E-state index contributed by atoms with van der Waals surface area (Å²) in [6.45, 7) is 3.63. The van der Waals surface area contributed by atoms with Gasteiger partial charge in [-0.1, -0.05) is 0 Å². The van der Waals surface area contributed by atoms with Crippen molar-refractivity contribution in [3.8, 4) is 5.82 Å². The van der Waals surface area contributed by atoms with Gasteiger partial charge in [-0.3, -0.25) is 9.59 Å². The van der Waals surface area contributed by atoms with Crippen LogP contribution in [0.3, 0.4) is 0 Å². The number of amides is 3. The first-order valence-electron chi connectivity index (χ1n) is 12.3. The van der Waals surface area contributed by atoms with Crippen molar-refractivity contribution in [3.05, 3.63) is 36.3 Å². The van der Waals surface area contributed by atoms with Crippen LogP contribution < -0.4 is 16.4 Å². The Labute approximate surface area is 209 Å². The molecule has 192 valence electrons. The summed E-state index contributed by atoms with van der Waals surface area (Å²) in [5.74, 6) is 1.09. The Morgan fingerprint density at radius 1 is 1.19 bits per heavy atom. The van der Waals surface area contributed by atoms with Crippen LogP contribution in [0.25, 0.3) is 12.0 Å². The van der Waals surface area contributed by atoms with Crippen LogP contribution in [-0.2, 0) is 9.53 Å². The summed E-state index contributed by atoms with van der Waals surface area (Å²) in [5.41, 5.74) is 5.08. The lowest BCUT2D eigenvalue weighted by molar-refractivity contribution is -0.145. The number of nitrogens with two attached hydrogens (primary N) is 1. The zero-order valence-corrected chi connectivity index (χ0v) is 20.8. The Balaban J connectivity index is 1.39. The Kier molecular flexibility index (Phi) is 5.88.